The summed E-state index contributed by atoms with van der Waals surface area (Å²) in [5, 5.41) is 0. The topological polar surface area (TPSA) is 55.4 Å². The van der Waals surface area contributed by atoms with Crippen molar-refractivity contribution in [3.63, 3.8) is 0 Å². The van der Waals surface area contributed by atoms with Crippen molar-refractivity contribution in [3.05, 3.63) is 47.0 Å². The van der Waals surface area contributed by atoms with Crippen LogP contribution in [0.15, 0.2) is 30.3 Å². The molecule has 6 heteroatoms. The molecular formula is C22H24O6. The lowest BCUT2D eigenvalue weighted by Gasteiger charge is -2.39. The van der Waals surface area contributed by atoms with Gasteiger partial charge < -0.3 is 28.4 Å². The van der Waals surface area contributed by atoms with Crippen LogP contribution in [0.2, 0.25) is 0 Å². The predicted molar refractivity (Wildman–Crippen MR) is 101 cm³/mol. The average Bonchev–Trinajstić information content (AvgIpc) is 3.35. The van der Waals surface area contributed by atoms with Crippen LogP contribution in [-0.4, -0.2) is 41.0 Å². The highest BCUT2D eigenvalue weighted by Crippen LogP contribution is 2.49. The van der Waals surface area contributed by atoms with Gasteiger partial charge in [-0.25, -0.2) is 0 Å². The van der Waals surface area contributed by atoms with Crippen molar-refractivity contribution in [1.29, 1.82) is 0 Å². The molecule has 6 nitrogen and oxygen atoms in total. The van der Waals surface area contributed by atoms with Gasteiger partial charge in [0.25, 0.3) is 0 Å². The van der Waals surface area contributed by atoms with E-state index in [9.17, 15) is 0 Å². The summed E-state index contributed by atoms with van der Waals surface area (Å²) in [5.41, 5.74) is 3.73. The van der Waals surface area contributed by atoms with E-state index in [1.807, 2.05) is 6.07 Å². The Labute approximate surface area is 164 Å². The van der Waals surface area contributed by atoms with E-state index < -0.39 is 0 Å². The number of methoxy groups -OCH3 is 2. The maximum Gasteiger partial charge on any atom is 0.231 e. The number of benzene rings is 2. The normalized spacial score (nSPS) is 24.3. The molecule has 0 saturated carbocycles. The molecule has 0 spiro atoms. The molecule has 3 atom stereocenters. The molecule has 5 rings (SSSR count). The molecule has 0 saturated heterocycles. The van der Waals surface area contributed by atoms with Crippen molar-refractivity contribution in [2.45, 2.75) is 12.3 Å². The molecule has 148 valence electrons. The molecule has 2 aromatic rings. The summed E-state index contributed by atoms with van der Waals surface area (Å²) in [6.07, 6.45) is 0.925. The van der Waals surface area contributed by atoms with E-state index in [-0.39, 0.29) is 25.4 Å². The standard InChI is InChI=1S/C22H24O6/c1-23-9-15-5-14-7-20-21(28-12-27-20)8-16(14)22(17(15)10-24-2)13-3-4-18-19(6-13)26-11-25-18/h3-4,6-8,15,17,22H,5,9-12H2,1-2H3. The fourth-order valence-electron chi connectivity index (χ4n) is 4.76. The van der Waals surface area contributed by atoms with Gasteiger partial charge in [0.1, 0.15) is 0 Å². The van der Waals surface area contributed by atoms with Crippen molar-refractivity contribution in [3.8, 4) is 23.0 Å². The van der Waals surface area contributed by atoms with Gasteiger partial charge >= 0.3 is 0 Å². The van der Waals surface area contributed by atoms with Gasteiger partial charge in [-0.05, 0) is 59.2 Å². The molecule has 0 aromatic heterocycles. The molecule has 2 heterocycles. The summed E-state index contributed by atoms with van der Waals surface area (Å²) in [5.74, 6) is 3.99. The van der Waals surface area contributed by atoms with Crippen LogP contribution in [0.1, 0.15) is 22.6 Å². The predicted octanol–water partition coefficient (Wildman–Crippen LogP) is 3.36. The largest absolute Gasteiger partial charge is 0.454 e. The fraction of sp³-hybridized carbons (Fsp3) is 0.455. The molecule has 1 aliphatic carbocycles. The monoisotopic (exact) mass is 384 g/mol. The lowest BCUT2D eigenvalue weighted by atomic mass is 9.67. The van der Waals surface area contributed by atoms with E-state index in [0.717, 1.165) is 29.4 Å². The van der Waals surface area contributed by atoms with Crippen LogP contribution in [0, 0.1) is 11.8 Å². The third-order valence-electron chi connectivity index (χ3n) is 5.98. The molecule has 3 aliphatic rings. The molecule has 0 fully saturated rings. The van der Waals surface area contributed by atoms with Crippen LogP contribution < -0.4 is 18.9 Å². The summed E-state index contributed by atoms with van der Waals surface area (Å²) >= 11 is 0. The Kier molecular flexibility index (Phi) is 4.53. The van der Waals surface area contributed by atoms with Gasteiger partial charge in [0.2, 0.25) is 13.6 Å². The smallest absolute Gasteiger partial charge is 0.231 e. The van der Waals surface area contributed by atoms with E-state index in [2.05, 4.69) is 24.3 Å². The Morgan fingerprint density at radius 1 is 0.821 bits per heavy atom. The van der Waals surface area contributed by atoms with Crippen LogP contribution in [-0.2, 0) is 15.9 Å². The highest BCUT2D eigenvalue weighted by molar-refractivity contribution is 5.55. The van der Waals surface area contributed by atoms with Gasteiger partial charge in [-0.15, -0.1) is 0 Å². The van der Waals surface area contributed by atoms with Crippen molar-refractivity contribution >= 4 is 0 Å². The molecule has 0 N–H and O–H groups in total. The van der Waals surface area contributed by atoms with Crippen molar-refractivity contribution in [2.24, 2.45) is 11.8 Å². The number of rotatable bonds is 5. The average molecular weight is 384 g/mol. The van der Waals surface area contributed by atoms with Gasteiger partial charge in [0.15, 0.2) is 23.0 Å². The summed E-state index contributed by atoms with van der Waals surface area (Å²) in [6.45, 7) is 1.88. The van der Waals surface area contributed by atoms with Crippen molar-refractivity contribution in [1.82, 2.24) is 0 Å². The van der Waals surface area contributed by atoms with Gasteiger partial charge in [-0.3, -0.25) is 0 Å². The first kappa shape index (κ1) is 17.6. The zero-order valence-corrected chi connectivity index (χ0v) is 16.1. The van der Waals surface area contributed by atoms with Gasteiger partial charge in [-0.2, -0.15) is 0 Å². The zero-order valence-electron chi connectivity index (χ0n) is 16.1. The Balaban J connectivity index is 1.64. The van der Waals surface area contributed by atoms with E-state index in [1.54, 1.807) is 14.2 Å². The van der Waals surface area contributed by atoms with Crippen LogP contribution in [0.25, 0.3) is 0 Å². The lowest BCUT2D eigenvalue weighted by molar-refractivity contribution is 0.0566. The maximum absolute atomic E-state index is 5.67. The van der Waals surface area contributed by atoms with Gasteiger partial charge in [-0.1, -0.05) is 6.07 Å². The third-order valence-corrected chi connectivity index (χ3v) is 5.98. The van der Waals surface area contributed by atoms with Gasteiger partial charge in [0.05, 0.1) is 6.61 Å². The first-order valence-electron chi connectivity index (χ1n) is 9.58. The lowest BCUT2D eigenvalue weighted by Crippen LogP contribution is -2.36. The summed E-state index contributed by atoms with van der Waals surface area (Å²) in [4.78, 5) is 0. The number of hydrogen-bond acceptors (Lipinski definition) is 6. The summed E-state index contributed by atoms with van der Waals surface area (Å²) in [7, 11) is 3.52. The molecule has 0 radical (unpaired) electrons. The minimum Gasteiger partial charge on any atom is -0.454 e. The quantitative estimate of drug-likeness (QED) is 0.788. The minimum absolute atomic E-state index is 0.146. The van der Waals surface area contributed by atoms with E-state index >= 15 is 0 Å². The Hall–Kier alpha value is -2.44. The van der Waals surface area contributed by atoms with E-state index in [1.165, 1.54) is 16.7 Å². The summed E-state index contributed by atoms with van der Waals surface area (Å²) < 4.78 is 33.6. The minimum atomic E-state index is 0.146. The zero-order chi connectivity index (χ0) is 19.1. The van der Waals surface area contributed by atoms with Gasteiger partial charge in [0, 0.05) is 26.7 Å². The Morgan fingerprint density at radius 2 is 1.50 bits per heavy atom. The Morgan fingerprint density at radius 3 is 2.25 bits per heavy atom. The molecule has 0 bridgehead atoms. The first-order valence-corrected chi connectivity index (χ1v) is 9.58. The van der Waals surface area contributed by atoms with E-state index in [4.69, 9.17) is 28.4 Å². The highest BCUT2D eigenvalue weighted by Gasteiger charge is 2.39. The molecule has 2 aliphatic heterocycles. The number of ether oxygens (including phenoxy) is 6. The molecule has 28 heavy (non-hydrogen) atoms. The van der Waals surface area contributed by atoms with Crippen molar-refractivity contribution < 1.29 is 28.4 Å². The second-order valence-electron chi connectivity index (χ2n) is 7.53. The SMILES string of the molecule is COCC1Cc2cc3c(cc2C(c2ccc4c(c2)OCO4)C1COC)OCO3. The van der Waals surface area contributed by atoms with Crippen LogP contribution in [0.5, 0.6) is 23.0 Å². The first-order chi connectivity index (χ1) is 13.8. The second-order valence-corrected chi connectivity index (χ2v) is 7.53. The number of fused-ring (bicyclic) bond motifs is 3. The second kappa shape index (κ2) is 7.18. The van der Waals surface area contributed by atoms with Crippen LogP contribution in [0.3, 0.4) is 0 Å². The molecular weight excluding hydrogens is 360 g/mol. The van der Waals surface area contributed by atoms with Crippen LogP contribution in [0.4, 0.5) is 0 Å². The molecule has 3 unspecified atom stereocenters. The maximum atomic E-state index is 5.67. The number of hydrogen-bond donors (Lipinski definition) is 0. The Bertz CT molecular complexity index is 880. The fourth-order valence-corrected chi connectivity index (χ4v) is 4.76. The summed E-state index contributed by atoms with van der Waals surface area (Å²) in [6, 6.07) is 10.5. The third kappa shape index (κ3) is 2.88. The van der Waals surface area contributed by atoms with E-state index in [0.29, 0.717) is 19.1 Å². The van der Waals surface area contributed by atoms with Crippen LogP contribution >= 0.6 is 0 Å². The highest BCUT2D eigenvalue weighted by atomic mass is 16.7. The molecule has 2 aromatic carbocycles. The molecule has 0 amide bonds. The van der Waals surface area contributed by atoms with Crippen molar-refractivity contribution in [2.75, 3.05) is 41.0 Å².